The van der Waals surface area contributed by atoms with Gasteiger partial charge in [0.25, 0.3) is 0 Å². The third kappa shape index (κ3) is 2.42. The SMILES string of the molecule is O=C1[C@@H]2C3c4ccccc4C(c4ccccc43)[C@H]2C(=O)N1CC[NH+]1CCCCC1. The Hall–Kier alpha value is -2.46. The van der Waals surface area contributed by atoms with E-state index in [1.807, 2.05) is 0 Å². The van der Waals surface area contributed by atoms with Gasteiger partial charge in [-0.15, -0.1) is 0 Å². The lowest BCUT2D eigenvalue weighted by Crippen LogP contribution is -3.13. The van der Waals surface area contributed by atoms with Crippen LogP contribution in [0.25, 0.3) is 0 Å². The first-order valence-electron chi connectivity index (χ1n) is 11.1. The van der Waals surface area contributed by atoms with Gasteiger partial charge in [-0.25, -0.2) is 0 Å². The fourth-order valence-electron chi connectivity index (χ4n) is 6.53. The van der Waals surface area contributed by atoms with Gasteiger partial charge >= 0.3 is 0 Å². The Morgan fingerprint density at radius 1 is 0.724 bits per heavy atom. The monoisotopic (exact) mass is 387 g/mol. The summed E-state index contributed by atoms with van der Waals surface area (Å²) in [5.74, 6) is -0.296. The molecule has 0 saturated carbocycles. The van der Waals surface area contributed by atoms with Crippen molar-refractivity contribution in [1.29, 1.82) is 0 Å². The van der Waals surface area contributed by atoms with Crippen LogP contribution in [0.2, 0.25) is 0 Å². The number of hydrogen-bond acceptors (Lipinski definition) is 2. The third-order valence-corrected chi connectivity index (χ3v) is 7.79. The third-order valence-electron chi connectivity index (χ3n) is 7.79. The summed E-state index contributed by atoms with van der Waals surface area (Å²) >= 11 is 0. The van der Waals surface area contributed by atoms with Crippen molar-refractivity contribution < 1.29 is 14.5 Å². The van der Waals surface area contributed by atoms with Gasteiger partial charge < -0.3 is 4.90 Å². The molecule has 148 valence electrons. The number of benzene rings is 2. The van der Waals surface area contributed by atoms with Crippen LogP contribution in [0, 0.1) is 11.8 Å². The second kappa shape index (κ2) is 6.53. The molecular weight excluding hydrogens is 360 g/mol. The molecule has 29 heavy (non-hydrogen) atoms. The summed E-state index contributed by atoms with van der Waals surface area (Å²) in [6, 6.07) is 16.9. The van der Waals surface area contributed by atoms with E-state index in [2.05, 4.69) is 48.5 Å². The number of rotatable bonds is 3. The molecule has 2 amide bonds. The number of carbonyl (C=O) groups excluding carboxylic acids is 2. The summed E-state index contributed by atoms with van der Waals surface area (Å²) in [6.07, 6.45) is 3.84. The molecule has 0 spiro atoms. The van der Waals surface area contributed by atoms with Gasteiger partial charge in [-0.05, 0) is 41.5 Å². The zero-order valence-corrected chi connectivity index (χ0v) is 16.6. The fourth-order valence-corrected chi connectivity index (χ4v) is 6.53. The molecule has 4 heteroatoms. The number of imide groups is 1. The van der Waals surface area contributed by atoms with E-state index in [0.29, 0.717) is 6.54 Å². The van der Waals surface area contributed by atoms with E-state index >= 15 is 0 Å². The van der Waals surface area contributed by atoms with Gasteiger partial charge in [-0.3, -0.25) is 14.5 Å². The lowest BCUT2D eigenvalue weighted by atomic mass is 9.55. The van der Waals surface area contributed by atoms with Gasteiger partial charge in [0, 0.05) is 11.8 Å². The van der Waals surface area contributed by atoms with Crippen molar-refractivity contribution in [1.82, 2.24) is 4.90 Å². The Labute approximate surface area is 171 Å². The van der Waals surface area contributed by atoms with Crippen LogP contribution in [0.5, 0.6) is 0 Å². The summed E-state index contributed by atoms with van der Waals surface area (Å²) in [6.45, 7) is 3.81. The molecule has 2 fully saturated rings. The molecule has 2 aromatic rings. The highest BCUT2D eigenvalue weighted by atomic mass is 16.2. The van der Waals surface area contributed by atoms with Crippen molar-refractivity contribution in [2.24, 2.45) is 11.8 Å². The molecule has 3 aliphatic carbocycles. The molecule has 2 aromatic carbocycles. The topological polar surface area (TPSA) is 41.8 Å². The maximum atomic E-state index is 13.5. The summed E-state index contributed by atoms with van der Waals surface area (Å²) in [5.41, 5.74) is 5.01. The summed E-state index contributed by atoms with van der Waals surface area (Å²) in [7, 11) is 0. The Balaban J connectivity index is 1.37. The molecule has 4 nitrogen and oxygen atoms in total. The van der Waals surface area contributed by atoms with Crippen LogP contribution in [0.3, 0.4) is 0 Å². The molecule has 2 atom stereocenters. The molecule has 0 aromatic heterocycles. The normalized spacial score (nSPS) is 30.3. The quantitative estimate of drug-likeness (QED) is 0.818. The molecule has 2 aliphatic heterocycles. The van der Waals surface area contributed by atoms with Crippen molar-refractivity contribution in [2.45, 2.75) is 31.1 Å². The average Bonchev–Trinajstić information content (AvgIpc) is 3.03. The highest BCUT2D eigenvalue weighted by molar-refractivity contribution is 6.07. The predicted octanol–water partition coefficient (Wildman–Crippen LogP) is 1.95. The highest BCUT2D eigenvalue weighted by Crippen LogP contribution is 2.60. The standard InChI is InChI=1S/C25H26N2O2/c28-24-22-20-16-8-2-3-9-17(16)21(19-11-5-4-10-18(19)20)23(22)25(29)27(24)15-14-26-12-6-1-7-13-26/h2-5,8-11,20-23H,1,6-7,12-15H2/p+1/t20?,21?,22-,23-/m1/s1. The summed E-state index contributed by atoms with van der Waals surface area (Å²) in [4.78, 5) is 30.2. The van der Waals surface area contributed by atoms with Gasteiger partial charge in [0.2, 0.25) is 11.8 Å². The maximum absolute atomic E-state index is 13.5. The minimum atomic E-state index is -0.228. The highest BCUT2D eigenvalue weighted by Gasteiger charge is 2.61. The maximum Gasteiger partial charge on any atom is 0.234 e. The first-order chi connectivity index (χ1) is 14.3. The lowest BCUT2D eigenvalue weighted by Gasteiger charge is -2.45. The van der Waals surface area contributed by atoms with Gasteiger partial charge in [0.05, 0.1) is 38.0 Å². The van der Waals surface area contributed by atoms with Crippen LogP contribution < -0.4 is 4.90 Å². The minimum absolute atomic E-state index is 0.0150. The second-order valence-electron chi connectivity index (χ2n) is 9.15. The van der Waals surface area contributed by atoms with E-state index in [4.69, 9.17) is 0 Å². The Kier molecular flexibility index (Phi) is 3.92. The van der Waals surface area contributed by atoms with Crippen LogP contribution in [0.15, 0.2) is 48.5 Å². The van der Waals surface area contributed by atoms with E-state index in [1.165, 1.54) is 54.6 Å². The van der Waals surface area contributed by atoms with Gasteiger partial charge in [0.15, 0.2) is 0 Å². The zero-order valence-electron chi connectivity index (χ0n) is 16.6. The molecule has 1 N–H and O–H groups in total. The average molecular weight is 388 g/mol. The molecule has 2 bridgehead atoms. The van der Waals surface area contributed by atoms with Crippen LogP contribution >= 0.6 is 0 Å². The first kappa shape index (κ1) is 17.4. The van der Waals surface area contributed by atoms with Crippen molar-refractivity contribution in [3.63, 3.8) is 0 Å². The molecular formula is C25H27N2O2+. The number of nitrogens with zero attached hydrogens (tertiary/aromatic N) is 1. The van der Waals surface area contributed by atoms with Crippen molar-refractivity contribution >= 4 is 11.8 Å². The molecule has 2 heterocycles. The Morgan fingerprint density at radius 2 is 1.17 bits per heavy atom. The molecule has 5 aliphatic rings. The van der Waals surface area contributed by atoms with E-state index < -0.39 is 0 Å². The number of nitrogens with one attached hydrogen (secondary N) is 1. The van der Waals surface area contributed by atoms with E-state index in [0.717, 1.165) is 6.54 Å². The fraction of sp³-hybridized carbons (Fsp3) is 0.440. The molecule has 2 saturated heterocycles. The molecule has 0 unspecified atom stereocenters. The summed E-state index contributed by atoms with van der Waals surface area (Å²) in [5, 5.41) is 0. The van der Waals surface area contributed by atoms with E-state index in [1.54, 1.807) is 9.80 Å². The largest absolute Gasteiger partial charge is 0.333 e. The number of carbonyl (C=O) groups is 2. The van der Waals surface area contributed by atoms with Gasteiger partial charge in [-0.1, -0.05) is 48.5 Å². The molecule has 0 radical (unpaired) electrons. The Morgan fingerprint density at radius 3 is 1.62 bits per heavy atom. The van der Waals surface area contributed by atoms with Crippen LogP contribution in [-0.4, -0.2) is 42.9 Å². The smallest absolute Gasteiger partial charge is 0.234 e. The van der Waals surface area contributed by atoms with Gasteiger partial charge in [0.1, 0.15) is 0 Å². The Bertz CT molecular complexity index is 878. The predicted molar refractivity (Wildman–Crippen MR) is 110 cm³/mol. The van der Waals surface area contributed by atoms with E-state index in [9.17, 15) is 9.59 Å². The van der Waals surface area contributed by atoms with E-state index in [-0.39, 0.29) is 35.5 Å². The number of quaternary nitrogens is 1. The number of piperidine rings is 1. The van der Waals surface area contributed by atoms with Gasteiger partial charge in [-0.2, -0.15) is 0 Å². The van der Waals surface area contributed by atoms with Crippen molar-refractivity contribution in [3.05, 3.63) is 70.8 Å². The number of hydrogen-bond donors (Lipinski definition) is 1. The number of likely N-dealkylation sites (tertiary alicyclic amines) is 2. The van der Waals surface area contributed by atoms with Crippen LogP contribution in [0.1, 0.15) is 53.4 Å². The first-order valence-corrected chi connectivity index (χ1v) is 11.1. The van der Waals surface area contributed by atoms with Crippen LogP contribution in [0.4, 0.5) is 0 Å². The van der Waals surface area contributed by atoms with Crippen molar-refractivity contribution in [2.75, 3.05) is 26.2 Å². The van der Waals surface area contributed by atoms with Crippen molar-refractivity contribution in [3.8, 4) is 0 Å². The summed E-state index contributed by atoms with van der Waals surface area (Å²) < 4.78 is 0. The molecule has 7 rings (SSSR count). The second-order valence-corrected chi connectivity index (χ2v) is 9.15. The van der Waals surface area contributed by atoms with Crippen LogP contribution in [-0.2, 0) is 9.59 Å². The number of amides is 2. The lowest BCUT2D eigenvalue weighted by molar-refractivity contribution is -0.904. The minimum Gasteiger partial charge on any atom is -0.333 e. The zero-order chi connectivity index (χ0) is 19.5.